The van der Waals surface area contributed by atoms with E-state index in [4.69, 9.17) is 0 Å². The van der Waals surface area contributed by atoms with Crippen molar-refractivity contribution in [2.24, 2.45) is 0 Å². The summed E-state index contributed by atoms with van der Waals surface area (Å²) in [6.45, 7) is 2.34. The van der Waals surface area contributed by atoms with Crippen LogP contribution in [-0.2, 0) is 16.6 Å². The third kappa shape index (κ3) is 4.78. The lowest BCUT2D eigenvalue weighted by molar-refractivity contribution is 0.0695. The number of halogens is 2. The van der Waals surface area contributed by atoms with Crippen molar-refractivity contribution in [3.05, 3.63) is 99.5 Å². The first-order valence-corrected chi connectivity index (χ1v) is 12.1. The Morgan fingerprint density at radius 1 is 0.941 bits per heavy atom. The minimum Gasteiger partial charge on any atom is -0.336 e. The maximum Gasteiger partial charge on any atom is 0.263 e. The van der Waals surface area contributed by atoms with Gasteiger partial charge in [0, 0.05) is 32.4 Å². The molecule has 1 aliphatic rings. The van der Waals surface area contributed by atoms with Gasteiger partial charge in [-0.25, -0.2) is 17.2 Å². The van der Waals surface area contributed by atoms with Gasteiger partial charge in [0.05, 0.1) is 11.4 Å². The van der Waals surface area contributed by atoms with E-state index in [2.05, 4.69) is 0 Å². The molecule has 34 heavy (non-hydrogen) atoms. The van der Waals surface area contributed by atoms with Gasteiger partial charge in [-0.15, -0.1) is 0 Å². The molecule has 10 heteroatoms. The standard InChI is InChI=1S/C24H23F2N3O4S/c1-17-4-2-5-18(14-17)16-28-9-3-6-20(24(28)31)23(30)27-10-12-29(13-11-27)34(32,33)19-7-8-21(25)22(26)15-19/h2-9,14-15H,10-13,16H2,1H3. The van der Waals surface area contributed by atoms with E-state index in [-0.39, 0.29) is 36.6 Å². The van der Waals surface area contributed by atoms with Gasteiger partial charge in [-0.2, -0.15) is 4.31 Å². The van der Waals surface area contributed by atoms with E-state index >= 15 is 0 Å². The molecule has 0 atom stereocenters. The summed E-state index contributed by atoms with van der Waals surface area (Å²) in [4.78, 5) is 27.1. The van der Waals surface area contributed by atoms with Crippen molar-refractivity contribution in [3.8, 4) is 0 Å². The first-order valence-electron chi connectivity index (χ1n) is 10.7. The highest BCUT2D eigenvalue weighted by atomic mass is 32.2. The number of hydrogen-bond donors (Lipinski definition) is 0. The SMILES string of the molecule is Cc1cccc(Cn2cccc(C(=O)N3CCN(S(=O)(=O)c4ccc(F)c(F)c4)CC3)c2=O)c1. The van der Waals surface area contributed by atoms with Gasteiger partial charge >= 0.3 is 0 Å². The van der Waals surface area contributed by atoms with Crippen molar-refractivity contribution >= 4 is 15.9 Å². The van der Waals surface area contributed by atoms with Gasteiger partial charge in [0.25, 0.3) is 11.5 Å². The monoisotopic (exact) mass is 487 g/mol. The first kappa shape index (κ1) is 23.8. The highest BCUT2D eigenvalue weighted by molar-refractivity contribution is 7.89. The topological polar surface area (TPSA) is 79.7 Å². The second-order valence-electron chi connectivity index (χ2n) is 8.12. The van der Waals surface area contributed by atoms with Crippen LogP contribution in [0, 0.1) is 18.6 Å². The van der Waals surface area contributed by atoms with Crippen molar-refractivity contribution in [2.45, 2.75) is 18.4 Å². The zero-order valence-electron chi connectivity index (χ0n) is 18.4. The first-order chi connectivity index (χ1) is 16.2. The summed E-state index contributed by atoms with van der Waals surface area (Å²) in [5.41, 5.74) is 1.58. The van der Waals surface area contributed by atoms with Crippen LogP contribution >= 0.6 is 0 Å². The molecule has 1 aromatic heterocycles. The lowest BCUT2D eigenvalue weighted by Gasteiger charge is -2.34. The van der Waals surface area contributed by atoms with E-state index in [1.807, 2.05) is 31.2 Å². The van der Waals surface area contributed by atoms with Crippen LogP contribution in [0.2, 0.25) is 0 Å². The minimum atomic E-state index is -4.05. The number of benzene rings is 2. The Labute approximate surface area is 195 Å². The lowest BCUT2D eigenvalue weighted by atomic mass is 10.1. The molecule has 2 aromatic carbocycles. The smallest absolute Gasteiger partial charge is 0.263 e. The highest BCUT2D eigenvalue weighted by Gasteiger charge is 2.31. The van der Waals surface area contributed by atoms with E-state index in [0.29, 0.717) is 12.6 Å². The van der Waals surface area contributed by atoms with Crippen LogP contribution in [0.5, 0.6) is 0 Å². The summed E-state index contributed by atoms with van der Waals surface area (Å²) >= 11 is 0. The quantitative estimate of drug-likeness (QED) is 0.554. The van der Waals surface area contributed by atoms with Crippen molar-refractivity contribution in [3.63, 3.8) is 0 Å². The van der Waals surface area contributed by atoms with E-state index in [0.717, 1.165) is 27.6 Å². The molecule has 0 spiro atoms. The summed E-state index contributed by atoms with van der Waals surface area (Å²) in [6, 6.07) is 13.2. The van der Waals surface area contributed by atoms with Crippen LogP contribution in [0.3, 0.4) is 0 Å². The van der Waals surface area contributed by atoms with Gasteiger partial charge < -0.3 is 9.47 Å². The molecule has 2 heterocycles. The summed E-state index contributed by atoms with van der Waals surface area (Å²) in [5, 5.41) is 0. The van der Waals surface area contributed by atoms with Gasteiger partial charge in [0.15, 0.2) is 11.6 Å². The number of carbonyl (C=O) groups excluding carboxylic acids is 1. The van der Waals surface area contributed by atoms with E-state index in [9.17, 15) is 26.8 Å². The molecular formula is C24H23F2N3O4S. The average Bonchev–Trinajstić information content (AvgIpc) is 2.82. The number of sulfonamides is 1. The van der Waals surface area contributed by atoms with E-state index in [1.54, 1.807) is 12.3 Å². The Kier molecular flexibility index (Phi) is 6.63. The van der Waals surface area contributed by atoms with Gasteiger partial charge in [0.1, 0.15) is 5.56 Å². The Bertz CT molecular complexity index is 1400. The predicted octanol–water partition coefficient (Wildman–Crippen LogP) is 2.63. The van der Waals surface area contributed by atoms with Crippen LogP contribution in [0.4, 0.5) is 8.78 Å². The Hall–Kier alpha value is -3.37. The summed E-state index contributed by atoms with van der Waals surface area (Å²) < 4.78 is 54.8. The van der Waals surface area contributed by atoms with Gasteiger partial charge in [-0.3, -0.25) is 9.59 Å². The number of aromatic nitrogens is 1. The summed E-state index contributed by atoms with van der Waals surface area (Å²) in [7, 11) is -4.05. The predicted molar refractivity (Wildman–Crippen MR) is 122 cm³/mol. The number of aryl methyl sites for hydroxylation is 1. The third-order valence-electron chi connectivity index (χ3n) is 5.74. The van der Waals surface area contributed by atoms with Crippen molar-refractivity contribution < 1.29 is 22.0 Å². The molecule has 4 rings (SSSR count). The highest BCUT2D eigenvalue weighted by Crippen LogP contribution is 2.20. The number of hydrogen-bond acceptors (Lipinski definition) is 4. The van der Waals surface area contributed by atoms with Crippen molar-refractivity contribution in [1.82, 2.24) is 13.8 Å². The van der Waals surface area contributed by atoms with Crippen molar-refractivity contribution in [2.75, 3.05) is 26.2 Å². The molecule has 0 aliphatic carbocycles. The zero-order chi connectivity index (χ0) is 24.5. The summed E-state index contributed by atoms with van der Waals surface area (Å²) in [6.07, 6.45) is 1.62. The fourth-order valence-corrected chi connectivity index (χ4v) is 5.35. The van der Waals surface area contributed by atoms with Crippen LogP contribution in [0.25, 0.3) is 0 Å². The molecule has 0 bridgehead atoms. The number of amides is 1. The molecule has 0 saturated carbocycles. The maximum atomic E-state index is 13.5. The van der Waals surface area contributed by atoms with Crippen molar-refractivity contribution in [1.29, 1.82) is 0 Å². The number of nitrogens with zero attached hydrogens (tertiary/aromatic N) is 3. The summed E-state index contributed by atoms with van der Waals surface area (Å²) in [5.74, 6) is -2.86. The largest absolute Gasteiger partial charge is 0.336 e. The van der Waals surface area contributed by atoms with Gasteiger partial charge in [0.2, 0.25) is 10.0 Å². The zero-order valence-corrected chi connectivity index (χ0v) is 19.3. The molecule has 1 aliphatic heterocycles. The number of piperazine rings is 1. The average molecular weight is 488 g/mol. The molecular weight excluding hydrogens is 464 g/mol. The van der Waals surface area contributed by atoms with Gasteiger partial charge in [-0.05, 0) is 42.8 Å². The number of carbonyl (C=O) groups is 1. The normalized spacial score (nSPS) is 14.9. The third-order valence-corrected chi connectivity index (χ3v) is 7.64. The van der Waals surface area contributed by atoms with E-state index in [1.165, 1.54) is 15.5 Å². The fraction of sp³-hybridized carbons (Fsp3) is 0.250. The molecule has 0 unspecified atom stereocenters. The molecule has 1 fully saturated rings. The molecule has 3 aromatic rings. The molecule has 7 nitrogen and oxygen atoms in total. The van der Waals surface area contributed by atoms with Crippen LogP contribution in [0.15, 0.2) is 70.5 Å². The fourth-order valence-electron chi connectivity index (χ4n) is 3.92. The molecule has 1 amide bonds. The second-order valence-corrected chi connectivity index (χ2v) is 10.1. The van der Waals surface area contributed by atoms with Gasteiger partial charge in [-0.1, -0.05) is 29.8 Å². The van der Waals surface area contributed by atoms with Crippen LogP contribution < -0.4 is 5.56 Å². The molecule has 0 N–H and O–H groups in total. The maximum absolute atomic E-state index is 13.5. The molecule has 178 valence electrons. The Morgan fingerprint density at radius 3 is 2.35 bits per heavy atom. The van der Waals surface area contributed by atoms with E-state index < -0.39 is 33.1 Å². The van der Waals surface area contributed by atoms with Crippen LogP contribution in [-0.4, -0.2) is 54.3 Å². The molecule has 1 saturated heterocycles. The molecule has 0 radical (unpaired) electrons. The Balaban J connectivity index is 1.47. The van der Waals surface area contributed by atoms with Crippen LogP contribution in [0.1, 0.15) is 21.5 Å². The Morgan fingerprint density at radius 2 is 1.68 bits per heavy atom. The second kappa shape index (κ2) is 9.47. The number of pyridine rings is 1. The minimum absolute atomic E-state index is 0.00654. The number of rotatable bonds is 5. The lowest BCUT2D eigenvalue weighted by Crippen LogP contribution is -2.51.